The lowest BCUT2D eigenvalue weighted by Gasteiger charge is -2.60. The molecule has 358 valence electrons. The second kappa shape index (κ2) is 21.8. The standard InChI is InChI=1S/C49H69BN6O10/c1-7-8-9-30-10-12-31(13-11-30)32-14-16-33(17-15-32)47(63)53-19-18-43(61)56-26-35(51)24-38(56)48(64)55-44(29(4)57)40(59)20-27(2)46(62)54-37(25-42(52)60)39(58)21-28(3)50-65-41-23-34-22-36(45(41)66-50)49(34,5)6/h10-17,27-29,34-38,41,44-45,57H,7-9,18-26,51H2,1-6H3,(H2,52,60)(H,53,63)(H,54,62)(H,55,64)/t27-,28-,29?,34+,35+,36-,37+,38+,41?,44+,45?/m1/s1. The van der Waals surface area contributed by atoms with E-state index in [2.05, 4.69) is 61.0 Å². The van der Waals surface area contributed by atoms with E-state index in [4.69, 9.17) is 20.8 Å². The summed E-state index contributed by atoms with van der Waals surface area (Å²) in [5.41, 5.74) is 15.6. The number of nitrogens with zero attached hydrogens (tertiary/aromatic N) is 1. The number of benzene rings is 2. The average Bonchev–Trinajstić information content (AvgIpc) is 3.91. The second-order valence-corrected chi connectivity index (χ2v) is 19.9. The number of aliphatic hydroxyl groups excluding tert-OH is 1. The van der Waals surface area contributed by atoms with Crippen molar-refractivity contribution in [3.8, 4) is 11.1 Å². The first-order chi connectivity index (χ1) is 31.3. The van der Waals surface area contributed by atoms with Crippen LogP contribution in [0.25, 0.3) is 11.1 Å². The van der Waals surface area contributed by atoms with Gasteiger partial charge in [0.25, 0.3) is 5.91 Å². The van der Waals surface area contributed by atoms with Crippen molar-refractivity contribution in [1.29, 1.82) is 0 Å². The highest BCUT2D eigenvalue weighted by Crippen LogP contribution is 2.62. The molecule has 8 N–H and O–H groups in total. The van der Waals surface area contributed by atoms with E-state index in [-0.39, 0.29) is 61.7 Å². The van der Waals surface area contributed by atoms with E-state index >= 15 is 0 Å². The summed E-state index contributed by atoms with van der Waals surface area (Å²) in [7, 11) is -0.606. The number of primary amides is 1. The van der Waals surface area contributed by atoms with Crippen molar-refractivity contribution in [3.63, 3.8) is 0 Å². The lowest BCUT2D eigenvalue weighted by Crippen LogP contribution is -2.59. The SMILES string of the molecule is CCCCc1ccc(-c2ccc(C(=O)NCCC(=O)N3C[C@@H](N)C[C@H]3C(=O)N[C@H](C(=O)C[C@@H](C)C(=O)N[C@@H](CC(N)=O)C(=O)C[C@@H](C)B3OC4C[C@@H]5C[C@H](C4O3)C5(C)C)C(C)O)cc2)cc1. The molecule has 2 heterocycles. The molecule has 3 aliphatic carbocycles. The minimum atomic E-state index is -1.44. The second-order valence-electron chi connectivity index (χ2n) is 19.9. The molecule has 16 nitrogen and oxygen atoms in total. The van der Waals surface area contributed by atoms with Crippen molar-refractivity contribution in [1.82, 2.24) is 20.9 Å². The van der Waals surface area contributed by atoms with Gasteiger partial charge in [0.05, 0.1) is 30.8 Å². The van der Waals surface area contributed by atoms with Gasteiger partial charge < -0.3 is 46.7 Å². The number of ketones is 2. The maximum atomic E-state index is 13.7. The Kier molecular flexibility index (Phi) is 16.6. The molecule has 66 heavy (non-hydrogen) atoms. The molecule has 0 radical (unpaired) electrons. The number of hydrogen-bond acceptors (Lipinski definition) is 11. The van der Waals surface area contributed by atoms with Crippen LogP contribution in [0.15, 0.2) is 48.5 Å². The van der Waals surface area contributed by atoms with Crippen molar-refractivity contribution >= 4 is 48.2 Å². The van der Waals surface area contributed by atoms with Gasteiger partial charge in [0.1, 0.15) is 12.1 Å². The number of hydrogen-bond donors (Lipinski definition) is 6. The molecule has 3 unspecified atom stereocenters. The maximum Gasteiger partial charge on any atom is 0.460 e. The zero-order chi connectivity index (χ0) is 48.0. The number of nitrogens with two attached hydrogens (primary N) is 2. The van der Waals surface area contributed by atoms with E-state index in [9.17, 15) is 38.7 Å². The van der Waals surface area contributed by atoms with Crippen molar-refractivity contribution in [2.45, 2.75) is 154 Å². The molecule has 5 aliphatic rings. The van der Waals surface area contributed by atoms with Crippen molar-refractivity contribution in [2.24, 2.45) is 34.6 Å². The number of unbranched alkanes of at least 4 members (excludes halogenated alkanes) is 1. The van der Waals surface area contributed by atoms with Gasteiger partial charge in [0.2, 0.25) is 23.6 Å². The highest BCUT2D eigenvalue weighted by atomic mass is 16.7. The van der Waals surface area contributed by atoms with Crippen LogP contribution < -0.4 is 27.4 Å². The highest BCUT2D eigenvalue weighted by molar-refractivity contribution is 6.47. The number of aryl methyl sites for hydroxylation is 1. The fourth-order valence-electron chi connectivity index (χ4n) is 10.2. The van der Waals surface area contributed by atoms with E-state index < -0.39 is 91.3 Å². The Bertz CT molecular complexity index is 2100. The Morgan fingerprint density at radius 3 is 2.17 bits per heavy atom. The minimum Gasteiger partial charge on any atom is -0.405 e. The van der Waals surface area contributed by atoms with Crippen LogP contribution in [0, 0.1) is 23.2 Å². The van der Waals surface area contributed by atoms with Crippen LogP contribution in [0.4, 0.5) is 0 Å². The number of carbonyl (C=O) groups excluding carboxylic acids is 7. The van der Waals surface area contributed by atoms with Crippen LogP contribution in [0.5, 0.6) is 0 Å². The smallest absolute Gasteiger partial charge is 0.405 e. The van der Waals surface area contributed by atoms with E-state index in [1.807, 2.05) is 19.1 Å². The Morgan fingerprint density at radius 1 is 0.879 bits per heavy atom. The van der Waals surface area contributed by atoms with Gasteiger partial charge in [-0.15, -0.1) is 0 Å². The van der Waals surface area contributed by atoms with Gasteiger partial charge in [-0.1, -0.05) is 77.4 Å². The number of carbonyl (C=O) groups is 7. The summed E-state index contributed by atoms with van der Waals surface area (Å²) >= 11 is 0. The predicted molar refractivity (Wildman–Crippen MR) is 248 cm³/mol. The highest BCUT2D eigenvalue weighted by Gasteiger charge is 2.62. The number of aliphatic hydroxyl groups is 1. The molecular weight excluding hydrogens is 843 g/mol. The fraction of sp³-hybridized carbons (Fsp3) is 0.612. The first-order valence-corrected chi connectivity index (χ1v) is 23.7. The molecule has 5 fully saturated rings. The molecular formula is C49H69BN6O10. The first-order valence-electron chi connectivity index (χ1n) is 23.7. The van der Waals surface area contributed by atoms with Crippen LogP contribution in [0.1, 0.15) is 115 Å². The summed E-state index contributed by atoms with van der Waals surface area (Å²) in [6.45, 7) is 11.3. The Morgan fingerprint density at radius 2 is 1.55 bits per heavy atom. The van der Waals surface area contributed by atoms with Gasteiger partial charge >= 0.3 is 7.12 Å². The van der Waals surface area contributed by atoms with Crippen molar-refractivity contribution < 1.29 is 48.0 Å². The summed E-state index contributed by atoms with van der Waals surface area (Å²) in [6, 6.07) is 11.3. The monoisotopic (exact) mass is 913 g/mol. The molecule has 0 aromatic heterocycles. The molecule has 11 atom stereocenters. The number of likely N-dealkylation sites (tertiary alicyclic amines) is 1. The molecule has 3 saturated carbocycles. The van der Waals surface area contributed by atoms with E-state index in [0.29, 0.717) is 17.4 Å². The first kappa shape index (κ1) is 50.4. The normalized spacial score (nSPS) is 25.0. The summed E-state index contributed by atoms with van der Waals surface area (Å²) in [6.07, 6.45) is 2.94. The molecule has 5 amide bonds. The topological polar surface area (TPSA) is 250 Å². The van der Waals surface area contributed by atoms with Crippen molar-refractivity contribution in [3.05, 3.63) is 59.7 Å². The van der Waals surface area contributed by atoms with Gasteiger partial charge in [0, 0.05) is 49.9 Å². The summed E-state index contributed by atoms with van der Waals surface area (Å²) in [5, 5.41) is 18.5. The van der Waals surface area contributed by atoms with Crippen LogP contribution >= 0.6 is 0 Å². The predicted octanol–water partition coefficient (Wildman–Crippen LogP) is 3.25. The molecule has 2 aromatic carbocycles. The molecule has 2 aromatic rings. The number of Topliss-reactive ketones (excluding diaryl/α,β-unsaturated/α-hetero) is 2. The molecule has 0 spiro atoms. The lowest BCUT2D eigenvalue weighted by molar-refractivity contribution is -0.150. The summed E-state index contributed by atoms with van der Waals surface area (Å²) in [5.74, 6) is -4.52. The third-order valence-corrected chi connectivity index (χ3v) is 14.4. The Balaban J connectivity index is 0.966. The van der Waals surface area contributed by atoms with Gasteiger partial charge in [0.15, 0.2) is 11.6 Å². The van der Waals surface area contributed by atoms with E-state index in [1.165, 1.54) is 24.3 Å². The van der Waals surface area contributed by atoms with Gasteiger partial charge in [-0.2, -0.15) is 0 Å². The third kappa shape index (κ3) is 11.9. The average molecular weight is 913 g/mol. The lowest BCUT2D eigenvalue weighted by atomic mass is 9.47. The Hall–Kier alpha value is -4.97. The summed E-state index contributed by atoms with van der Waals surface area (Å²) < 4.78 is 12.6. The van der Waals surface area contributed by atoms with Crippen LogP contribution in [-0.4, -0.2) is 114 Å². The third-order valence-electron chi connectivity index (χ3n) is 14.4. The molecule has 7 rings (SSSR count). The largest absolute Gasteiger partial charge is 0.460 e. The fourth-order valence-corrected chi connectivity index (χ4v) is 10.2. The van der Waals surface area contributed by atoms with Crippen molar-refractivity contribution in [2.75, 3.05) is 13.1 Å². The quantitative estimate of drug-likeness (QED) is 0.0936. The van der Waals surface area contributed by atoms with Crippen LogP contribution in [0.2, 0.25) is 5.82 Å². The van der Waals surface area contributed by atoms with Gasteiger partial charge in [-0.3, -0.25) is 33.6 Å². The number of nitrogens with one attached hydrogen (secondary N) is 3. The number of rotatable bonds is 22. The molecule has 17 heteroatoms. The molecule has 2 saturated heterocycles. The van der Waals surface area contributed by atoms with Crippen LogP contribution in [-0.2, 0) is 44.5 Å². The summed E-state index contributed by atoms with van der Waals surface area (Å²) in [4.78, 5) is 93.9. The zero-order valence-corrected chi connectivity index (χ0v) is 39.3. The van der Waals surface area contributed by atoms with E-state index in [1.54, 1.807) is 12.1 Å². The number of amides is 5. The molecule has 2 bridgehead atoms. The maximum absolute atomic E-state index is 13.7. The van der Waals surface area contributed by atoms with Gasteiger partial charge in [-0.25, -0.2) is 0 Å². The molecule has 2 aliphatic heterocycles. The zero-order valence-electron chi connectivity index (χ0n) is 39.3. The van der Waals surface area contributed by atoms with Crippen LogP contribution in [0.3, 0.4) is 0 Å². The van der Waals surface area contributed by atoms with Gasteiger partial charge in [-0.05, 0) is 90.9 Å². The Labute approximate surface area is 388 Å². The van der Waals surface area contributed by atoms with E-state index in [0.717, 1.165) is 43.2 Å². The minimum absolute atomic E-state index is 0.00189.